The average Bonchev–Trinajstić information content (AvgIpc) is 3.14. The molecule has 2 aliphatic rings. The van der Waals surface area contributed by atoms with Crippen LogP contribution in [0, 0.1) is 17.5 Å². The Morgan fingerprint density at radius 3 is 2.50 bits per heavy atom. The summed E-state index contributed by atoms with van der Waals surface area (Å²) in [5.41, 5.74) is 1.21. The zero-order valence-electron chi connectivity index (χ0n) is 15.0. The van der Waals surface area contributed by atoms with Crippen molar-refractivity contribution in [2.45, 2.75) is 19.0 Å². The summed E-state index contributed by atoms with van der Waals surface area (Å²) >= 11 is 0. The number of rotatable bonds is 3. The quantitative estimate of drug-likeness (QED) is 0.814. The number of halogens is 3. The maximum absolute atomic E-state index is 13.8. The summed E-state index contributed by atoms with van der Waals surface area (Å²) in [7, 11) is 1.59. The molecule has 2 aliphatic heterocycles. The molecule has 0 saturated carbocycles. The van der Waals surface area contributed by atoms with E-state index < -0.39 is 23.5 Å². The highest BCUT2D eigenvalue weighted by atomic mass is 19.2. The zero-order valence-corrected chi connectivity index (χ0v) is 15.0. The summed E-state index contributed by atoms with van der Waals surface area (Å²) in [6.07, 6.45) is 2.18. The Morgan fingerprint density at radius 2 is 1.82 bits per heavy atom. The standard InChI is InChI=1S/C20H17F3N4O/c1-26-17-8-7-16(13-9-14(21)18(23)15(22)10-13)27(17)19(25-20(26)28)24-11-12-5-3-2-4-6-12/h2-6,8-10,16H,7,11H2,1H3,(H,24,25,28). The van der Waals surface area contributed by atoms with Crippen molar-refractivity contribution < 1.29 is 18.0 Å². The van der Waals surface area contributed by atoms with Crippen LogP contribution in [0.4, 0.5) is 18.0 Å². The second kappa shape index (κ2) is 7.03. The number of hydrogen-bond acceptors (Lipinski definition) is 2. The molecule has 4 rings (SSSR count). The molecular weight excluding hydrogens is 369 g/mol. The van der Waals surface area contributed by atoms with E-state index in [9.17, 15) is 18.0 Å². The highest BCUT2D eigenvalue weighted by molar-refractivity contribution is 6.00. The van der Waals surface area contributed by atoms with Gasteiger partial charge in [-0.2, -0.15) is 0 Å². The summed E-state index contributed by atoms with van der Waals surface area (Å²) in [4.78, 5) is 19.9. The van der Waals surface area contributed by atoms with E-state index in [4.69, 9.17) is 0 Å². The van der Waals surface area contributed by atoms with Gasteiger partial charge in [0.25, 0.3) is 0 Å². The summed E-state index contributed by atoms with van der Waals surface area (Å²) in [6.45, 7) is 0.322. The van der Waals surface area contributed by atoms with Crippen molar-refractivity contribution in [3.63, 3.8) is 0 Å². The molecule has 0 radical (unpaired) electrons. The first-order valence-electron chi connectivity index (χ1n) is 8.72. The molecular formula is C20H17F3N4O. The van der Waals surface area contributed by atoms with E-state index >= 15 is 0 Å². The van der Waals surface area contributed by atoms with E-state index in [1.54, 1.807) is 18.0 Å². The molecule has 0 bridgehead atoms. The molecule has 2 heterocycles. The fourth-order valence-electron chi connectivity index (χ4n) is 3.40. The Labute approximate surface area is 159 Å². The molecule has 8 heteroatoms. The molecule has 1 atom stereocenters. The molecule has 5 nitrogen and oxygen atoms in total. The minimum atomic E-state index is -1.50. The van der Waals surface area contributed by atoms with Crippen molar-refractivity contribution in [2.75, 3.05) is 7.05 Å². The number of carbonyl (C=O) groups is 1. The Bertz CT molecular complexity index is 967. The normalized spacial score (nSPS) is 20.3. The van der Waals surface area contributed by atoms with E-state index in [2.05, 4.69) is 10.3 Å². The van der Waals surface area contributed by atoms with Crippen LogP contribution in [0.25, 0.3) is 0 Å². The number of nitrogens with one attached hydrogen (secondary N) is 1. The van der Waals surface area contributed by atoms with Crippen LogP contribution in [0.3, 0.4) is 0 Å². The molecule has 0 aliphatic carbocycles. The van der Waals surface area contributed by atoms with Crippen LogP contribution in [0.15, 0.2) is 59.4 Å². The minimum Gasteiger partial charge on any atom is -0.290 e. The summed E-state index contributed by atoms with van der Waals surface area (Å²) in [5, 5.41) is 2.71. The van der Waals surface area contributed by atoms with E-state index in [0.29, 0.717) is 18.8 Å². The predicted octanol–water partition coefficient (Wildman–Crippen LogP) is 3.90. The predicted molar refractivity (Wildman–Crippen MR) is 97.5 cm³/mol. The van der Waals surface area contributed by atoms with Crippen LogP contribution in [0.5, 0.6) is 0 Å². The van der Waals surface area contributed by atoms with Gasteiger partial charge < -0.3 is 0 Å². The van der Waals surface area contributed by atoms with Gasteiger partial charge in [0.1, 0.15) is 5.82 Å². The molecule has 0 aromatic heterocycles. The van der Waals surface area contributed by atoms with Crippen LogP contribution in [-0.4, -0.2) is 28.8 Å². The number of nitrogens with zero attached hydrogens (tertiary/aromatic N) is 3. The highest BCUT2D eigenvalue weighted by Crippen LogP contribution is 2.38. The number of urea groups is 1. The highest BCUT2D eigenvalue weighted by Gasteiger charge is 2.39. The van der Waals surface area contributed by atoms with Crippen molar-refractivity contribution in [1.29, 1.82) is 0 Å². The third kappa shape index (κ3) is 3.11. The van der Waals surface area contributed by atoms with Crippen molar-refractivity contribution in [3.8, 4) is 0 Å². The third-order valence-electron chi connectivity index (χ3n) is 4.82. The first-order valence-corrected chi connectivity index (χ1v) is 8.72. The number of benzene rings is 2. The maximum Gasteiger partial charge on any atom is 0.329 e. The Kier molecular flexibility index (Phi) is 4.54. The number of guanidine groups is 1. The molecule has 144 valence electrons. The number of aliphatic imine (C=N–C) groups is 1. The van der Waals surface area contributed by atoms with Gasteiger partial charge in [-0.05, 0) is 35.8 Å². The van der Waals surface area contributed by atoms with Crippen LogP contribution in [0.2, 0.25) is 0 Å². The van der Waals surface area contributed by atoms with Crippen LogP contribution < -0.4 is 5.32 Å². The fraction of sp³-hybridized carbons (Fsp3) is 0.200. The fourth-order valence-corrected chi connectivity index (χ4v) is 3.40. The molecule has 1 N–H and O–H groups in total. The number of amides is 2. The van der Waals surface area contributed by atoms with Crippen molar-refractivity contribution >= 4 is 12.0 Å². The smallest absolute Gasteiger partial charge is 0.290 e. The van der Waals surface area contributed by atoms with Gasteiger partial charge in [-0.15, -0.1) is 0 Å². The van der Waals surface area contributed by atoms with E-state index in [-0.39, 0.29) is 17.6 Å². The molecule has 28 heavy (non-hydrogen) atoms. The van der Waals surface area contributed by atoms with Crippen molar-refractivity contribution in [3.05, 3.63) is 82.9 Å². The molecule has 0 spiro atoms. The summed E-state index contributed by atoms with van der Waals surface area (Å²) < 4.78 is 40.9. The maximum atomic E-state index is 13.8. The lowest BCUT2D eigenvalue weighted by Gasteiger charge is -2.38. The molecule has 1 saturated heterocycles. The zero-order chi connectivity index (χ0) is 19.8. The lowest BCUT2D eigenvalue weighted by Crippen LogP contribution is -2.56. The minimum absolute atomic E-state index is 0.264. The molecule has 2 aromatic rings. The Hall–Kier alpha value is -3.29. The van der Waals surface area contributed by atoms with Crippen LogP contribution in [-0.2, 0) is 6.54 Å². The van der Waals surface area contributed by atoms with Gasteiger partial charge in [0.15, 0.2) is 17.5 Å². The molecule has 1 fully saturated rings. The molecule has 2 amide bonds. The van der Waals surface area contributed by atoms with Crippen molar-refractivity contribution in [1.82, 2.24) is 15.1 Å². The monoisotopic (exact) mass is 386 g/mol. The van der Waals surface area contributed by atoms with E-state index in [1.807, 2.05) is 30.3 Å². The Morgan fingerprint density at radius 1 is 1.14 bits per heavy atom. The van der Waals surface area contributed by atoms with Crippen LogP contribution >= 0.6 is 0 Å². The van der Waals surface area contributed by atoms with Gasteiger partial charge in [0, 0.05) is 7.05 Å². The van der Waals surface area contributed by atoms with Crippen molar-refractivity contribution in [2.24, 2.45) is 4.99 Å². The van der Waals surface area contributed by atoms with E-state index in [1.165, 1.54) is 4.90 Å². The second-order valence-electron chi connectivity index (χ2n) is 6.60. The second-order valence-corrected chi connectivity index (χ2v) is 6.60. The number of fused-ring (bicyclic) bond motifs is 1. The van der Waals surface area contributed by atoms with Gasteiger partial charge in [-0.1, -0.05) is 30.3 Å². The lowest BCUT2D eigenvalue weighted by molar-refractivity contribution is 0.199. The third-order valence-corrected chi connectivity index (χ3v) is 4.82. The number of carbonyl (C=O) groups excluding carboxylic acids is 1. The van der Waals surface area contributed by atoms with Gasteiger partial charge in [-0.3, -0.25) is 15.1 Å². The topological polar surface area (TPSA) is 47.9 Å². The van der Waals surface area contributed by atoms with Gasteiger partial charge >= 0.3 is 6.03 Å². The lowest BCUT2D eigenvalue weighted by atomic mass is 10.0. The number of hydrogen-bond donors (Lipinski definition) is 1. The van der Waals surface area contributed by atoms with Gasteiger partial charge in [0.2, 0.25) is 5.96 Å². The van der Waals surface area contributed by atoms with E-state index in [0.717, 1.165) is 17.7 Å². The first kappa shape index (κ1) is 18.1. The average molecular weight is 386 g/mol. The summed E-state index contributed by atoms with van der Waals surface area (Å²) in [6, 6.07) is 10.6. The van der Waals surface area contributed by atoms with Crippen LogP contribution in [0.1, 0.15) is 23.6 Å². The Balaban J connectivity index is 1.70. The first-order chi connectivity index (χ1) is 13.5. The molecule has 1 unspecified atom stereocenters. The van der Waals surface area contributed by atoms with Gasteiger partial charge in [0.05, 0.1) is 12.6 Å². The SMILES string of the molecule is CN1C(=O)NC(=NCc2ccccc2)N2C1=CCC2c1cc(F)c(F)c(F)c1. The summed E-state index contributed by atoms with van der Waals surface area (Å²) in [5.74, 6) is -3.16. The largest absolute Gasteiger partial charge is 0.329 e. The molecule has 2 aromatic carbocycles. The van der Waals surface area contributed by atoms with Gasteiger partial charge in [-0.25, -0.2) is 23.0 Å².